The number of benzene rings is 2. The predicted octanol–water partition coefficient (Wildman–Crippen LogP) is 3.26. The number of rotatable bonds is 5. The molecule has 0 saturated carbocycles. The summed E-state index contributed by atoms with van der Waals surface area (Å²) < 4.78 is 0. The number of nitrogens with one attached hydrogen (secondary N) is 2. The third-order valence-corrected chi connectivity index (χ3v) is 4.42. The number of aromatic amines is 1. The highest BCUT2D eigenvalue weighted by molar-refractivity contribution is 6.05. The maximum atomic E-state index is 12.6. The van der Waals surface area contributed by atoms with Gasteiger partial charge in [0.25, 0.3) is 17.4 Å². The van der Waals surface area contributed by atoms with Crippen molar-refractivity contribution in [3.63, 3.8) is 0 Å². The molecule has 2 amide bonds. The predicted molar refractivity (Wildman–Crippen MR) is 106 cm³/mol. The van der Waals surface area contributed by atoms with Gasteiger partial charge in [-0.3, -0.25) is 14.4 Å². The van der Waals surface area contributed by atoms with Crippen LogP contribution in [0.25, 0.3) is 10.8 Å². The molecule has 3 rings (SSSR count). The van der Waals surface area contributed by atoms with Crippen LogP contribution in [0.15, 0.2) is 59.4 Å². The Morgan fingerprint density at radius 1 is 1.00 bits per heavy atom. The van der Waals surface area contributed by atoms with Crippen LogP contribution in [0.3, 0.4) is 0 Å². The Labute approximate surface area is 156 Å². The third-order valence-electron chi connectivity index (χ3n) is 4.42. The van der Waals surface area contributed by atoms with Crippen molar-refractivity contribution in [3.8, 4) is 0 Å². The van der Waals surface area contributed by atoms with E-state index >= 15 is 0 Å². The van der Waals surface area contributed by atoms with E-state index in [1.165, 1.54) is 0 Å². The van der Waals surface area contributed by atoms with E-state index in [1.54, 1.807) is 53.4 Å². The highest BCUT2D eigenvalue weighted by atomic mass is 16.2. The summed E-state index contributed by atoms with van der Waals surface area (Å²) >= 11 is 0. The van der Waals surface area contributed by atoms with Crippen molar-refractivity contribution in [1.82, 2.24) is 9.88 Å². The van der Waals surface area contributed by atoms with Crippen molar-refractivity contribution in [2.45, 2.75) is 13.8 Å². The quantitative estimate of drug-likeness (QED) is 0.730. The molecule has 3 aromatic rings. The third kappa shape index (κ3) is 3.89. The zero-order valence-corrected chi connectivity index (χ0v) is 15.3. The summed E-state index contributed by atoms with van der Waals surface area (Å²) in [6.07, 6.45) is 0. The van der Waals surface area contributed by atoms with Crippen LogP contribution in [-0.2, 0) is 0 Å². The molecule has 0 saturated heterocycles. The molecule has 0 aliphatic heterocycles. The minimum atomic E-state index is -0.440. The molecule has 1 aromatic heterocycles. The number of fused-ring (bicyclic) bond motifs is 1. The van der Waals surface area contributed by atoms with Crippen LogP contribution in [0.5, 0.6) is 0 Å². The van der Waals surface area contributed by atoms with E-state index in [4.69, 9.17) is 0 Å². The van der Waals surface area contributed by atoms with Crippen molar-refractivity contribution in [2.75, 3.05) is 18.4 Å². The lowest BCUT2D eigenvalue weighted by molar-refractivity contribution is 0.0772. The van der Waals surface area contributed by atoms with Crippen LogP contribution >= 0.6 is 0 Å². The molecule has 6 nitrogen and oxygen atoms in total. The molecule has 0 unspecified atom stereocenters. The first-order valence-electron chi connectivity index (χ1n) is 8.86. The molecular formula is C21H21N3O3. The number of nitrogens with zero attached hydrogens (tertiary/aromatic N) is 1. The molecule has 0 radical (unpaired) electrons. The van der Waals surface area contributed by atoms with E-state index in [-0.39, 0.29) is 17.2 Å². The van der Waals surface area contributed by atoms with Crippen LogP contribution in [0, 0.1) is 0 Å². The molecule has 27 heavy (non-hydrogen) atoms. The van der Waals surface area contributed by atoms with E-state index in [0.29, 0.717) is 35.1 Å². The fourth-order valence-electron chi connectivity index (χ4n) is 2.96. The Morgan fingerprint density at radius 2 is 1.74 bits per heavy atom. The zero-order valence-electron chi connectivity index (χ0n) is 15.3. The monoisotopic (exact) mass is 363 g/mol. The van der Waals surface area contributed by atoms with Gasteiger partial charge in [-0.15, -0.1) is 0 Å². The van der Waals surface area contributed by atoms with Crippen LogP contribution in [0.1, 0.15) is 34.7 Å². The summed E-state index contributed by atoms with van der Waals surface area (Å²) in [5.74, 6) is -0.527. The van der Waals surface area contributed by atoms with Gasteiger partial charge < -0.3 is 15.2 Å². The molecule has 0 fully saturated rings. The minimum Gasteiger partial charge on any atom is -0.339 e. The number of H-pyrrole nitrogens is 1. The van der Waals surface area contributed by atoms with Gasteiger partial charge in [-0.2, -0.15) is 0 Å². The van der Waals surface area contributed by atoms with Gasteiger partial charge in [0.1, 0.15) is 5.69 Å². The fourth-order valence-corrected chi connectivity index (χ4v) is 2.96. The average molecular weight is 363 g/mol. The first-order valence-corrected chi connectivity index (χ1v) is 8.86. The fraction of sp³-hybridized carbons (Fsp3) is 0.190. The molecule has 0 spiro atoms. The second-order valence-electron chi connectivity index (χ2n) is 6.11. The number of pyridine rings is 1. The van der Waals surface area contributed by atoms with Gasteiger partial charge in [-0.05, 0) is 49.6 Å². The molecule has 138 valence electrons. The summed E-state index contributed by atoms with van der Waals surface area (Å²) in [5, 5.41) is 3.96. The summed E-state index contributed by atoms with van der Waals surface area (Å²) in [6.45, 7) is 5.07. The number of carbonyl (C=O) groups excluding carboxylic acids is 2. The Bertz CT molecular complexity index is 1050. The first kappa shape index (κ1) is 18.4. The van der Waals surface area contributed by atoms with Crippen molar-refractivity contribution in [1.29, 1.82) is 0 Å². The topological polar surface area (TPSA) is 82.3 Å². The standard InChI is InChI=1S/C21H21N3O3/c1-3-24(4-2)21(27)15-9-7-10-16(12-15)22-20(26)18-13-14-8-5-6-11-17(14)19(25)23-18/h5-13H,3-4H2,1-2H3,(H,22,26)(H,23,25). The summed E-state index contributed by atoms with van der Waals surface area (Å²) in [6, 6.07) is 15.5. The second-order valence-corrected chi connectivity index (χ2v) is 6.11. The summed E-state index contributed by atoms with van der Waals surface area (Å²) in [4.78, 5) is 41.5. The van der Waals surface area contributed by atoms with Gasteiger partial charge in [-0.25, -0.2) is 0 Å². The molecule has 1 heterocycles. The Hall–Kier alpha value is -3.41. The molecule has 0 aliphatic carbocycles. The Morgan fingerprint density at radius 3 is 2.48 bits per heavy atom. The largest absolute Gasteiger partial charge is 0.339 e. The van der Waals surface area contributed by atoms with E-state index < -0.39 is 5.91 Å². The number of hydrogen-bond donors (Lipinski definition) is 2. The van der Waals surface area contributed by atoms with Gasteiger partial charge in [0.15, 0.2) is 0 Å². The van der Waals surface area contributed by atoms with Gasteiger partial charge in [-0.1, -0.05) is 24.3 Å². The number of carbonyl (C=O) groups is 2. The van der Waals surface area contributed by atoms with E-state index in [2.05, 4.69) is 10.3 Å². The van der Waals surface area contributed by atoms with E-state index in [0.717, 1.165) is 0 Å². The highest BCUT2D eigenvalue weighted by Crippen LogP contribution is 2.15. The lowest BCUT2D eigenvalue weighted by atomic mass is 10.1. The average Bonchev–Trinajstić information content (AvgIpc) is 2.69. The smallest absolute Gasteiger partial charge is 0.272 e. The number of amides is 2. The van der Waals surface area contributed by atoms with Gasteiger partial charge in [0.05, 0.1) is 0 Å². The molecule has 0 aliphatic rings. The molecule has 0 atom stereocenters. The summed E-state index contributed by atoms with van der Waals surface area (Å²) in [5.41, 5.74) is 0.846. The number of aromatic nitrogens is 1. The van der Waals surface area contributed by atoms with E-state index in [9.17, 15) is 14.4 Å². The number of anilines is 1. The van der Waals surface area contributed by atoms with E-state index in [1.807, 2.05) is 19.9 Å². The summed E-state index contributed by atoms with van der Waals surface area (Å²) in [7, 11) is 0. The van der Waals surface area contributed by atoms with Gasteiger partial charge >= 0.3 is 0 Å². The Kier molecular flexibility index (Phi) is 5.35. The molecule has 6 heteroatoms. The van der Waals surface area contributed by atoms with Crippen molar-refractivity contribution >= 4 is 28.3 Å². The first-order chi connectivity index (χ1) is 13.0. The van der Waals surface area contributed by atoms with Gasteiger partial charge in [0, 0.05) is 29.7 Å². The Balaban J connectivity index is 1.85. The second kappa shape index (κ2) is 7.86. The molecule has 2 N–H and O–H groups in total. The van der Waals surface area contributed by atoms with Crippen LogP contribution < -0.4 is 10.9 Å². The van der Waals surface area contributed by atoms with Crippen LogP contribution in [0.4, 0.5) is 5.69 Å². The van der Waals surface area contributed by atoms with Crippen LogP contribution in [-0.4, -0.2) is 34.8 Å². The van der Waals surface area contributed by atoms with Crippen molar-refractivity contribution in [2.24, 2.45) is 0 Å². The molecule has 0 bridgehead atoms. The van der Waals surface area contributed by atoms with Crippen molar-refractivity contribution in [3.05, 3.63) is 76.2 Å². The van der Waals surface area contributed by atoms with Gasteiger partial charge in [0.2, 0.25) is 0 Å². The maximum absolute atomic E-state index is 12.6. The lowest BCUT2D eigenvalue weighted by Crippen LogP contribution is -2.30. The molecular weight excluding hydrogens is 342 g/mol. The zero-order chi connectivity index (χ0) is 19.4. The minimum absolute atomic E-state index is 0.0878. The normalized spacial score (nSPS) is 10.6. The van der Waals surface area contributed by atoms with Crippen molar-refractivity contribution < 1.29 is 9.59 Å². The SMILES string of the molecule is CCN(CC)C(=O)c1cccc(NC(=O)c2cc3ccccc3c(=O)[nH]2)c1. The van der Waals surface area contributed by atoms with Crippen LogP contribution in [0.2, 0.25) is 0 Å². The number of hydrogen-bond acceptors (Lipinski definition) is 3. The molecule has 2 aromatic carbocycles. The highest BCUT2D eigenvalue weighted by Gasteiger charge is 2.14. The lowest BCUT2D eigenvalue weighted by Gasteiger charge is -2.19. The maximum Gasteiger partial charge on any atom is 0.272 e.